The predicted molar refractivity (Wildman–Crippen MR) is 109 cm³/mol. The van der Waals surface area contributed by atoms with Gasteiger partial charge in [-0.25, -0.2) is 9.59 Å². The summed E-state index contributed by atoms with van der Waals surface area (Å²) in [5.74, 6) is -2.83. The summed E-state index contributed by atoms with van der Waals surface area (Å²) >= 11 is 0. The van der Waals surface area contributed by atoms with Gasteiger partial charge >= 0.3 is 23.9 Å². The van der Waals surface area contributed by atoms with Gasteiger partial charge in [-0.1, -0.05) is 18.2 Å². The SMILES string of the molecule is COC(=O)C1=CCC23CCC(C(C)(/C=C/C=C(\C)C(=O)O)OC2=O)C3(OC(C)=O)CC1. The lowest BCUT2D eigenvalue weighted by molar-refractivity contribution is -0.235. The van der Waals surface area contributed by atoms with E-state index in [0.717, 1.165) is 0 Å². The van der Waals surface area contributed by atoms with Crippen LogP contribution in [0.3, 0.4) is 0 Å². The summed E-state index contributed by atoms with van der Waals surface area (Å²) < 4.78 is 16.7. The lowest BCUT2D eigenvalue weighted by Crippen LogP contribution is -2.65. The van der Waals surface area contributed by atoms with Crippen LogP contribution in [0.1, 0.15) is 52.9 Å². The number of allylic oxidation sites excluding steroid dienone is 3. The summed E-state index contributed by atoms with van der Waals surface area (Å²) in [7, 11) is 1.30. The summed E-state index contributed by atoms with van der Waals surface area (Å²) in [4.78, 5) is 48.8. The third-order valence-electron chi connectivity index (χ3n) is 6.97. The number of ether oxygens (including phenoxy) is 3. The Kier molecular flexibility index (Phi) is 5.86. The monoisotopic (exact) mass is 432 g/mol. The van der Waals surface area contributed by atoms with Crippen LogP contribution in [0.25, 0.3) is 0 Å². The van der Waals surface area contributed by atoms with E-state index in [-0.39, 0.29) is 17.9 Å². The van der Waals surface area contributed by atoms with Crippen molar-refractivity contribution in [2.75, 3.05) is 7.11 Å². The normalized spacial score (nSPS) is 35.0. The maximum Gasteiger partial charge on any atom is 0.333 e. The smallest absolute Gasteiger partial charge is 0.333 e. The second-order valence-corrected chi connectivity index (χ2v) is 8.67. The average molecular weight is 432 g/mol. The molecule has 2 aliphatic carbocycles. The minimum atomic E-state index is -1.13. The summed E-state index contributed by atoms with van der Waals surface area (Å²) in [5.41, 5.74) is -2.71. The lowest BCUT2D eigenvalue weighted by atomic mass is 9.62. The summed E-state index contributed by atoms with van der Waals surface area (Å²) in [6.45, 7) is 4.53. The van der Waals surface area contributed by atoms with E-state index in [1.54, 1.807) is 25.2 Å². The highest BCUT2D eigenvalue weighted by atomic mass is 16.6. The third kappa shape index (κ3) is 3.58. The number of hydrogen-bond acceptors (Lipinski definition) is 7. The molecule has 4 unspecified atom stereocenters. The molecule has 0 aromatic heterocycles. The second-order valence-electron chi connectivity index (χ2n) is 8.67. The molecule has 2 bridgehead atoms. The molecule has 0 radical (unpaired) electrons. The zero-order chi connectivity index (χ0) is 23.0. The number of aliphatic carboxylic acids is 1. The van der Waals surface area contributed by atoms with Crippen LogP contribution in [0.4, 0.5) is 0 Å². The van der Waals surface area contributed by atoms with E-state index in [4.69, 9.17) is 19.3 Å². The number of carbonyl (C=O) groups excluding carboxylic acids is 3. The molecule has 3 aliphatic rings. The number of methoxy groups -OCH3 is 1. The van der Waals surface area contributed by atoms with Crippen LogP contribution in [0.15, 0.2) is 35.5 Å². The molecule has 8 heteroatoms. The predicted octanol–water partition coefficient (Wildman–Crippen LogP) is 2.87. The maximum absolute atomic E-state index is 13.4. The van der Waals surface area contributed by atoms with Crippen LogP contribution >= 0.6 is 0 Å². The molecule has 1 saturated heterocycles. The van der Waals surface area contributed by atoms with Crippen molar-refractivity contribution in [3.63, 3.8) is 0 Å². The Morgan fingerprint density at radius 1 is 1.26 bits per heavy atom. The minimum absolute atomic E-state index is 0.138. The number of cyclic esters (lactones) is 1. The Hall–Kier alpha value is -2.90. The Labute approximate surface area is 180 Å². The fourth-order valence-corrected chi connectivity index (χ4v) is 5.45. The van der Waals surface area contributed by atoms with Gasteiger partial charge in [-0.2, -0.15) is 0 Å². The Morgan fingerprint density at radius 3 is 2.58 bits per heavy atom. The van der Waals surface area contributed by atoms with E-state index in [1.807, 2.05) is 0 Å². The molecule has 31 heavy (non-hydrogen) atoms. The molecule has 8 nitrogen and oxygen atoms in total. The molecule has 1 saturated carbocycles. The molecule has 0 spiro atoms. The fraction of sp³-hybridized carbons (Fsp3) is 0.565. The van der Waals surface area contributed by atoms with Gasteiger partial charge < -0.3 is 19.3 Å². The Balaban J connectivity index is 2.07. The molecule has 0 aromatic rings. The van der Waals surface area contributed by atoms with E-state index < -0.39 is 40.5 Å². The summed E-state index contributed by atoms with van der Waals surface area (Å²) in [5, 5.41) is 9.06. The largest absolute Gasteiger partial charge is 0.478 e. The van der Waals surface area contributed by atoms with Gasteiger partial charge in [-0.3, -0.25) is 9.59 Å². The highest BCUT2D eigenvalue weighted by Gasteiger charge is 2.74. The average Bonchev–Trinajstić information content (AvgIpc) is 2.84. The molecular formula is C23H28O8. The zero-order valence-electron chi connectivity index (χ0n) is 18.2. The van der Waals surface area contributed by atoms with Crippen molar-refractivity contribution < 1.29 is 38.5 Å². The van der Waals surface area contributed by atoms with Crippen molar-refractivity contribution in [2.45, 2.75) is 64.1 Å². The fourth-order valence-electron chi connectivity index (χ4n) is 5.45. The highest BCUT2D eigenvalue weighted by Crippen LogP contribution is 2.65. The first-order chi connectivity index (χ1) is 14.5. The topological polar surface area (TPSA) is 116 Å². The van der Waals surface area contributed by atoms with Crippen LogP contribution in [0.2, 0.25) is 0 Å². The lowest BCUT2D eigenvalue weighted by Gasteiger charge is -2.54. The van der Waals surface area contributed by atoms with Crippen LogP contribution < -0.4 is 0 Å². The molecule has 0 amide bonds. The number of carboxylic acid groups (broad SMARTS) is 1. The summed E-state index contributed by atoms with van der Waals surface area (Å²) in [6, 6.07) is 0. The Bertz CT molecular complexity index is 913. The summed E-state index contributed by atoms with van der Waals surface area (Å²) in [6.07, 6.45) is 8.21. The molecule has 3 rings (SSSR count). The van der Waals surface area contributed by atoms with Gasteiger partial charge in [-0.05, 0) is 52.0 Å². The van der Waals surface area contributed by atoms with Crippen molar-refractivity contribution >= 4 is 23.9 Å². The van der Waals surface area contributed by atoms with Crippen molar-refractivity contribution in [1.82, 2.24) is 0 Å². The second kappa shape index (κ2) is 7.98. The number of carboxylic acids is 1. The molecule has 1 aliphatic heterocycles. The van der Waals surface area contributed by atoms with Crippen LogP contribution in [0, 0.1) is 11.3 Å². The van der Waals surface area contributed by atoms with Crippen molar-refractivity contribution in [1.29, 1.82) is 0 Å². The highest BCUT2D eigenvalue weighted by molar-refractivity contribution is 5.89. The number of esters is 3. The van der Waals surface area contributed by atoms with Gasteiger partial charge in [0, 0.05) is 24.0 Å². The Morgan fingerprint density at radius 2 is 1.97 bits per heavy atom. The van der Waals surface area contributed by atoms with Gasteiger partial charge in [0.15, 0.2) is 0 Å². The first-order valence-corrected chi connectivity index (χ1v) is 10.3. The number of hydrogen-bond donors (Lipinski definition) is 1. The van der Waals surface area contributed by atoms with Gasteiger partial charge in [0.05, 0.1) is 7.11 Å². The van der Waals surface area contributed by atoms with Crippen molar-refractivity contribution in [3.05, 3.63) is 35.5 Å². The van der Waals surface area contributed by atoms with Crippen LogP contribution in [-0.2, 0) is 33.4 Å². The first-order valence-electron chi connectivity index (χ1n) is 10.3. The first kappa shape index (κ1) is 22.8. The third-order valence-corrected chi connectivity index (χ3v) is 6.97. The number of rotatable bonds is 5. The van der Waals surface area contributed by atoms with E-state index in [9.17, 15) is 19.2 Å². The van der Waals surface area contributed by atoms with E-state index in [2.05, 4.69) is 0 Å². The van der Waals surface area contributed by atoms with Gasteiger partial charge in [0.2, 0.25) is 0 Å². The molecule has 1 heterocycles. The quantitative estimate of drug-likeness (QED) is 0.305. The van der Waals surface area contributed by atoms with Gasteiger partial charge in [0.25, 0.3) is 0 Å². The van der Waals surface area contributed by atoms with Crippen LogP contribution in [-0.4, -0.2) is 47.3 Å². The molecular weight excluding hydrogens is 404 g/mol. The van der Waals surface area contributed by atoms with E-state index in [0.29, 0.717) is 31.3 Å². The number of carbonyl (C=O) groups is 4. The molecule has 2 fully saturated rings. The van der Waals surface area contributed by atoms with Gasteiger partial charge in [-0.15, -0.1) is 0 Å². The van der Waals surface area contributed by atoms with Crippen molar-refractivity contribution in [2.24, 2.45) is 11.3 Å². The standard InChI is InChI=1S/C23H28O8/c1-14(18(25)26)6-5-10-21(3)17-9-12-22(20(28)31-21)11-7-16(19(27)29-4)8-13-23(17,22)30-15(2)24/h5-7,10,17H,8-9,11-13H2,1-4H3,(H,25,26)/b10-5+,14-6+. The maximum atomic E-state index is 13.4. The molecule has 168 valence electrons. The zero-order valence-corrected chi connectivity index (χ0v) is 18.2. The van der Waals surface area contributed by atoms with E-state index >= 15 is 0 Å². The van der Waals surface area contributed by atoms with Crippen molar-refractivity contribution in [3.8, 4) is 0 Å². The molecule has 4 atom stereocenters. The van der Waals surface area contributed by atoms with Gasteiger partial charge in [0.1, 0.15) is 16.6 Å². The van der Waals surface area contributed by atoms with E-state index in [1.165, 1.54) is 27.0 Å². The molecule has 0 aromatic carbocycles. The molecule has 1 N–H and O–H groups in total. The van der Waals surface area contributed by atoms with Crippen LogP contribution in [0.5, 0.6) is 0 Å². The minimum Gasteiger partial charge on any atom is -0.478 e.